The molecular weight excluding hydrogens is 400 g/mol. The van der Waals surface area contributed by atoms with Gasteiger partial charge in [0.1, 0.15) is 0 Å². The number of carbonyl (C=O) groups is 2. The van der Waals surface area contributed by atoms with Crippen molar-refractivity contribution in [3.05, 3.63) is 70.8 Å². The van der Waals surface area contributed by atoms with E-state index in [9.17, 15) is 9.59 Å². The summed E-state index contributed by atoms with van der Waals surface area (Å²) in [5.74, 6) is 0.896. The van der Waals surface area contributed by atoms with Gasteiger partial charge in [0.15, 0.2) is 0 Å². The van der Waals surface area contributed by atoms with Crippen LogP contribution in [0.15, 0.2) is 48.5 Å². The van der Waals surface area contributed by atoms with E-state index < -0.39 is 6.51 Å². The Morgan fingerprint density at radius 2 is 1.10 bits per heavy atom. The normalized spacial score (nSPS) is 76.9. The molecule has 4 unspecified atom stereocenters. The quantitative estimate of drug-likeness (QED) is 0.417. The van der Waals surface area contributed by atoms with Gasteiger partial charge >= 0.3 is 159 Å². The summed E-state index contributed by atoms with van der Waals surface area (Å²) in [6, 6.07) is 16.6. The molecule has 10 fully saturated rings. The molecule has 0 radical (unpaired) electrons. The molecule has 3 heteroatoms. The fourth-order valence-electron chi connectivity index (χ4n) is 19.8. The number of hydrogen-bond acceptors (Lipinski definition) is 2. The number of benzene rings is 2. The zero-order valence-electron chi connectivity index (χ0n) is 16.4. The maximum atomic E-state index is 14.5. The zero-order valence-corrected chi connectivity index (χ0v) is 17.5. The van der Waals surface area contributed by atoms with Crippen LogP contribution in [0.5, 0.6) is 0 Å². The summed E-state index contributed by atoms with van der Waals surface area (Å²) in [7, 11) is 0. The summed E-state index contributed by atoms with van der Waals surface area (Å²) in [4.78, 5) is 36.0. The van der Waals surface area contributed by atoms with E-state index in [0.717, 1.165) is 49.7 Å². The van der Waals surface area contributed by atoms with E-state index in [-0.39, 0.29) is 8.63 Å². The van der Waals surface area contributed by atoms with E-state index in [0.29, 0.717) is 11.6 Å². The van der Waals surface area contributed by atoms with Crippen molar-refractivity contribution in [1.29, 1.82) is 0 Å². The van der Waals surface area contributed by atoms with Crippen molar-refractivity contribution in [2.24, 2.45) is 0 Å². The third kappa shape index (κ3) is 0.221. The fourth-order valence-corrected chi connectivity index (χ4v) is 95.2. The van der Waals surface area contributed by atoms with Gasteiger partial charge in [0, 0.05) is 0 Å². The molecule has 1 spiro atoms. The van der Waals surface area contributed by atoms with Crippen LogP contribution in [0, 0.1) is 13.8 Å². The first-order chi connectivity index (χ1) is 13.8. The summed E-state index contributed by atoms with van der Waals surface area (Å²) in [5.41, 5.74) is 4.19. The molecule has 0 N–H and O–H groups in total. The van der Waals surface area contributed by atoms with Crippen molar-refractivity contribution < 1.29 is 16.1 Å². The van der Waals surface area contributed by atoms with Gasteiger partial charge in [-0.2, -0.15) is 0 Å². The molecule has 146 valence electrons. The predicted molar refractivity (Wildman–Crippen MR) is 106 cm³/mol. The number of carbonyl (C=O) groups excluding carboxylic acids is 2. The van der Waals surface area contributed by atoms with Gasteiger partial charge in [-0.25, -0.2) is 0 Å². The van der Waals surface area contributed by atoms with Crippen LogP contribution in [0.1, 0.15) is 31.8 Å². The third-order valence-corrected chi connectivity index (χ3v) is 60.8. The topological polar surface area (TPSA) is 34.1 Å². The standard InChI is InChI=1S/C21H17O2.C5H5.Fe/c1-14-6-3-8-16(12-14)20(22)18-10-5-11-19(18)21(23)17-9-4-7-15(2)13-17;1-2-4-5-3-1;/h3-13H,1-2H3;1-5H;. The molecule has 0 saturated carbocycles. The monoisotopic (exact) mass is 422 g/mol. The average molecular weight is 422 g/mol. The van der Waals surface area contributed by atoms with Crippen LogP contribution in [-0.4, -0.2) is 11.6 Å². The van der Waals surface area contributed by atoms with Crippen molar-refractivity contribution in [1.82, 2.24) is 0 Å². The molecule has 0 aliphatic carbocycles. The Hall–Kier alpha value is -1.70. The Bertz CT molecular complexity index is 1640. The summed E-state index contributed by atoms with van der Waals surface area (Å²) < 4.78 is -0.249. The minimum atomic E-state index is -4.13. The Morgan fingerprint density at radius 1 is 0.690 bits per heavy atom. The molecule has 10 aliphatic heterocycles. The molecule has 12 rings (SSSR count). The van der Waals surface area contributed by atoms with Crippen LogP contribution in [-0.2, 0) is 6.51 Å². The van der Waals surface area contributed by atoms with Crippen molar-refractivity contribution in [3.63, 3.8) is 0 Å². The van der Waals surface area contributed by atoms with Crippen LogP contribution < -0.4 is 0 Å². The predicted octanol–water partition coefficient (Wildman–Crippen LogP) is 6.50. The molecule has 0 bridgehead atoms. The molecule has 10 saturated heterocycles. The van der Waals surface area contributed by atoms with Gasteiger partial charge in [-0.05, 0) is 0 Å². The van der Waals surface area contributed by atoms with Crippen LogP contribution in [0.2, 0.25) is 47.2 Å². The van der Waals surface area contributed by atoms with Crippen LogP contribution in [0.25, 0.3) is 0 Å². The number of aryl methyl sites for hydroxylation is 2. The van der Waals surface area contributed by atoms with Crippen molar-refractivity contribution in [2.75, 3.05) is 0 Å². The van der Waals surface area contributed by atoms with E-state index in [4.69, 9.17) is 0 Å². The number of hydrogen-bond donors (Lipinski definition) is 0. The Labute approximate surface area is 159 Å². The van der Waals surface area contributed by atoms with Gasteiger partial charge in [0.25, 0.3) is 0 Å². The van der Waals surface area contributed by atoms with Crippen LogP contribution >= 0.6 is 0 Å². The van der Waals surface area contributed by atoms with E-state index in [1.807, 2.05) is 24.3 Å². The second-order valence-corrected chi connectivity index (χ2v) is 37.4. The molecule has 4 atom stereocenters. The van der Waals surface area contributed by atoms with E-state index >= 15 is 0 Å². The van der Waals surface area contributed by atoms with E-state index in [1.165, 1.54) is 11.1 Å². The van der Waals surface area contributed by atoms with E-state index in [1.54, 1.807) is 0 Å². The molecule has 10 heterocycles. The van der Waals surface area contributed by atoms with Crippen molar-refractivity contribution in [3.8, 4) is 0 Å². The molecular formula is C26H22FeO2. The zero-order chi connectivity index (χ0) is 19.1. The molecule has 10 aliphatic rings. The molecule has 0 aromatic heterocycles. The summed E-state index contributed by atoms with van der Waals surface area (Å²) in [6.07, 6.45) is 0. The molecule has 2 aromatic rings. The van der Waals surface area contributed by atoms with Crippen molar-refractivity contribution >= 4 is 11.6 Å². The Kier molecular flexibility index (Phi) is 0.674. The van der Waals surface area contributed by atoms with Gasteiger partial charge in [0.05, 0.1) is 0 Å². The van der Waals surface area contributed by atoms with Gasteiger partial charge in [0.2, 0.25) is 0 Å². The SMILES string of the molecule is Cc1cccc(C(=O)[C]23[CH]4[CH]5[CH]6[C]2(C(=O)c2cccc(C)c2)[Fe]54632789[CH]3[CH]2[CH]7[CH]8[CH]39)c1. The van der Waals surface area contributed by atoms with Gasteiger partial charge in [-0.15, -0.1) is 0 Å². The third-order valence-electron chi connectivity index (χ3n) is 18.1. The average Bonchev–Trinajstić information content (AvgIpc) is 3.66. The second kappa shape index (κ2) is 1.52. The van der Waals surface area contributed by atoms with E-state index in [2.05, 4.69) is 38.1 Å². The van der Waals surface area contributed by atoms with Gasteiger partial charge < -0.3 is 0 Å². The van der Waals surface area contributed by atoms with Gasteiger partial charge in [-0.1, -0.05) is 0 Å². The number of rotatable bonds is 4. The van der Waals surface area contributed by atoms with Crippen LogP contribution in [0.3, 0.4) is 0 Å². The first kappa shape index (κ1) is 12.9. The first-order valence-corrected chi connectivity index (χ1v) is 17.4. The number of Topliss-reactive ketones (excluding diaryl/α,β-unsaturated/α-hetero) is 2. The minimum absolute atomic E-state index is 0.124. The molecule has 2 nitrogen and oxygen atoms in total. The first-order valence-electron chi connectivity index (χ1n) is 11.2. The summed E-state index contributed by atoms with van der Waals surface area (Å²) in [5, 5.41) is 0. The fraction of sp³-hybridized carbons (Fsp3) is 0.462. The number of fused-ring (bicyclic) bond motifs is 10. The second-order valence-electron chi connectivity index (χ2n) is 14.1. The molecule has 29 heavy (non-hydrogen) atoms. The summed E-state index contributed by atoms with van der Waals surface area (Å²) in [6.45, 7) is 0.0378. The Morgan fingerprint density at radius 3 is 1.41 bits per heavy atom. The molecule has 0 amide bonds. The maximum absolute atomic E-state index is 14.5. The van der Waals surface area contributed by atoms with Crippen LogP contribution in [0.4, 0.5) is 0 Å². The Balaban J connectivity index is 1.24. The number of ketones is 2. The van der Waals surface area contributed by atoms with Crippen molar-refractivity contribution in [2.45, 2.75) is 61.0 Å². The summed E-state index contributed by atoms with van der Waals surface area (Å²) >= 11 is 0. The molecule has 2 aromatic carbocycles. The van der Waals surface area contributed by atoms with Gasteiger partial charge in [-0.3, -0.25) is 0 Å².